The summed E-state index contributed by atoms with van der Waals surface area (Å²) in [4.78, 5) is 8.40. The zero-order chi connectivity index (χ0) is 17.9. The third-order valence-electron chi connectivity index (χ3n) is 3.52. The molecule has 1 aromatic heterocycles. The minimum atomic E-state index is -3.63. The Morgan fingerprint density at radius 3 is 2.32 bits per heavy atom. The predicted octanol–water partition coefficient (Wildman–Crippen LogP) is 3.64. The quantitative estimate of drug-likeness (QED) is 0.731. The van der Waals surface area contributed by atoms with Crippen LogP contribution in [-0.4, -0.2) is 18.4 Å². The largest absolute Gasteiger partial charge is 0.340 e. The van der Waals surface area contributed by atoms with E-state index in [9.17, 15) is 8.42 Å². The summed E-state index contributed by atoms with van der Waals surface area (Å²) in [6, 6.07) is 15.5. The summed E-state index contributed by atoms with van der Waals surface area (Å²) in [5.41, 5.74) is 3.04. The van der Waals surface area contributed by atoms with Crippen molar-refractivity contribution in [1.29, 1.82) is 0 Å². The summed E-state index contributed by atoms with van der Waals surface area (Å²) in [7, 11) is -3.63. The number of aryl methyl sites for hydroxylation is 2. The zero-order valence-electron chi connectivity index (χ0n) is 13.9. The molecule has 0 atom stereocenters. The van der Waals surface area contributed by atoms with Gasteiger partial charge in [-0.25, -0.2) is 18.4 Å². The topological polar surface area (TPSA) is 84.0 Å². The number of benzene rings is 2. The van der Waals surface area contributed by atoms with Crippen LogP contribution in [0, 0.1) is 13.8 Å². The van der Waals surface area contributed by atoms with Gasteiger partial charge in [-0.2, -0.15) is 0 Å². The number of sulfonamides is 1. The van der Waals surface area contributed by atoms with Crippen LogP contribution in [0.2, 0.25) is 0 Å². The highest BCUT2D eigenvalue weighted by Gasteiger charge is 2.14. The number of anilines is 3. The molecule has 0 aliphatic rings. The summed E-state index contributed by atoms with van der Waals surface area (Å²) in [6.07, 6.45) is 1.47. The van der Waals surface area contributed by atoms with Gasteiger partial charge in [0.05, 0.1) is 10.6 Å². The van der Waals surface area contributed by atoms with E-state index in [2.05, 4.69) is 20.0 Å². The first-order valence-corrected chi connectivity index (χ1v) is 9.16. The maximum atomic E-state index is 12.5. The maximum absolute atomic E-state index is 12.5. The van der Waals surface area contributed by atoms with E-state index in [-0.39, 0.29) is 4.90 Å². The molecule has 25 heavy (non-hydrogen) atoms. The molecule has 3 aromatic rings. The van der Waals surface area contributed by atoms with Gasteiger partial charge in [0.1, 0.15) is 12.1 Å². The van der Waals surface area contributed by atoms with Crippen molar-refractivity contribution in [3.05, 3.63) is 72.2 Å². The van der Waals surface area contributed by atoms with Crippen LogP contribution in [0.25, 0.3) is 0 Å². The van der Waals surface area contributed by atoms with E-state index < -0.39 is 10.0 Å². The molecule has 2 N–H and O–H groups in total. The molecular weight excluding hydrogens is 336 g/mol. The molecule has 6 nitrogen and oxygen atoms in total. The molecule has 3 rings (SSSR count). The first kappa shape index (κ1) is 16.9. The second-order valence-corrected chi connectivity index (χ2v) is 7.35. The standard InChI is InChI=1S/C18H18N4O2S/c1-13-6-8-17(9-7-13)25(23,24)22-16-5-3-4-15(11-16)21-18-10-14(2)19-12-20-18/h3-12,22H,1-2H3,(H,19,20,21). The molecule has 0 aliphatic carbocycles. The van der Waals surface area contributed by atoms with E-state index in [1.165, 1.54) is 6.33 Å². The number of rotatable bonds is 5. The van der Waals surface area contributed by atoms with Crippen LogP contribution in [-0.2, 0) is 10.0 Å². The molecular formula is C18H18N4O2S. The van der Waals surface area contributed by atoms with Gasteiger partial charge in [-0.1, -0.05) is 23.8 Å². The Kier molecular flexibility index (Phi) is 4.67. The second-order valence-electron chi connectivity index (χ2n) is 5.67. The molecule has 0 unspecified atom stereocenters. The molecule has 0 spiro atoms. The van der Waals surface area contributed by atoms with E-state index in [0.29, 0.717) is 11.5 Å². The van der Waals surface area contributed by atoms with Gasteiger partial charge < -0.3 is 5.32 Å². The fourth-order valence-corrected chi connectivity index (χ4v) is 3.31. The monoisotopic (exact) mass is 354 g/mol. The summed E-state index contributed by atoms with van der Waals surface area (Å²) in [5.74, 6) is 0.644. The summed E-state index contributed by atoms with van der Waals surface area (Å²) >= 11 is 0. The Morgan fingerprint density at radius 1 is 0.880 bits per heavy atom. The number of aromatic nitrogens is 2. The lowest BCUT2D eigenvalue weighted by Crippen LogP contribution is -2.13. The molecule has 128 valence electrons. The average molecular weight is 354 g/mol. The highest BCUT2D eigenvalue weighted by Crippen LogP contribution is 2.22. The molecule has 1 heterocycles. The second kappa shape index (κ2) is 6.90. The lowest BCUT2D eigenvalue weighted by atomic mass is 10.2. The van der Waals surface area contributed by atoms with Crippen molar-refractivity contribution in [3.8, 4) is 0 Å². The van der Waals surface area contributed by atoms with Crippen LogP contribution in [0.5, 0.6) is 0 Å². The normalized spacial score (nSPS) is 11.1. The number of nitrogens with one attached hydrogen (secondary N) is 2. The molecule has 0 amide bonds. The van der Waals surface area contributed by atoms with Crippen LogP contribution in [0.15, 0.2) is 65.8 Å². The van der Waals surface area contributed by atoms with Gasteiger partial charge in [0, 0.05) is 17.4 Å². The summed E-state index contributed by atoms with van der Waals surface area (Å²) < 4.78 is 27.5. The average Bonchev–Trinajstić information content (AvgIpc) is 2.55. The molecule has 0 saturated carbocycles. The van der Waals surface area contributed by atoms with E-state index >= 15 is 0 Å². The summed E-state index contributed by atoms with van der Waals surface area (Å²) in [5, 5.41) is 3.13. The Bertz CT molecular complexity index is 986. The lowest BCUT2D eigenvalue weighted by molar-refractivity contribution is 0.601. The van der Waals surface area contributed by atoms with Crippen LogP contribution < -0.4 is 10.0 Å². The van der Waals surface area contributed by atoms with Crippen LogP contribution in [0.4, 0.5) is 17.2 Å². The summed E-state index contributed by atoms with van der Waals surface area (Å²) in [6.45, 7) is 3.78. The van der Waals surface area contributed by atoms with Gasteiger partial charge in [-0.15, -0.1) is 0 Å². The Morgan fingerprint density at radius 2 is 1.60 bits per heavy atom. The minimum Gasteiger partial charge on any atom is -0.340 e. The molecule has 2 aromatic carbocycles. The third kappa shape index (κ3) is 4.33. The number of hydrogen-bond acceptors (Lipinski definition) is 5. The van der Waals surface area contributed by atoms with Crippen molar-refractivity contribution in [2.75, 3.05) is 10.0 Å². The van der Waals surface area contributed by atoms with Crippen molar-refractivity contribution >= 4 is 27.2 Å². The van der Waals surface area contributed by atoms with Gasteiger partial charge in [0.15, 0.2) is 0 Å². The van der Waals surface area contributed by atoms with Crippen molar-refractivity contribution in [2.24, 2.45) is 0 Å². The van der Waals surface area contributed by atoms with E-state index in [0.717, 1.165) is 16.9 Å². The number of nitrogens with zero attached hydrogens (tertiary/aromatic N) is 2. The Hall–Kier alpha value is -2.93. The SMILES string of the molecule is Cc1ccc(S(=O)(=O)Nc2cccc(Nc3cc(C)ncn3)c2)cc1. The van der Waals surface area contributed by atoms with Crippen LogP contribution >= 0.6 is 0 Å². The van der Waals surface area contributed by atoms with Crippen molar-refractivity contribution in [2.45, 2.75) is 18.7 Å². The van der Waals surface area contributed by atoms with Gasteiger partial charge in [0.25, 0.3) is 10.0 Å². The fourth-order valence-electron chi connectivity index (χ4n) is 2.26. The predicted molar refractivity (Wildman–Crippen MR) is 98.5 cm³/mol. The first-order chi connectivity index (χ1) is 11.9. The third-order valence-corrected chi connectivity index (χ3v) is 4.92. The van der Waals surface area contributed by atoms with Crippen molar-refractivity contribution in [1.82, 2.24) is 9.97 Å². The highest BCUT2D eigenvalue weighted by molar-refractivity contribution is 7.92. The molecule has 7 heteroatoms. The van der Waals surface area contributed by atoms with Gasteiger partial charge >= 0.3 is 0 Å². The minimum absolute atomic E-state index is 0.225. The van der Waals surface area contributed by atoms with E-state index in [1.807, 2.05) is 26.0 Å². The van der Waals surface area contributed by atoms with Crippen molar-refractivity contribution < 1.29 is 8.42 Å². The van der Waals surface area contributed by atoms with Crippen LogP contribution in [0.1, 0.15) is 11.3 Å². The Labute approximate surface area is 147 Å². The van der Waals surface area contributed by atoms with E-state index in [4.69, 9.17) is 0 Å². The fraction of sp³-hybridized carbons (Fsp3) is 0.111. The van der Waals surface area contributed by atoms with Gasteiger partial charge in [-0.05, 0) is 44.2 Å². The number of hydrogen-bond donors (Lipinski definition) is 2. The molecule has 0 radical (unpaired) electrons. The Balaban J connectivity index is 1.80. The molecule has 0 bridgehead atoms. The van der Waals surface area contributed by atoms with E-state index in [1.54, 1.807) is 42.5 Å². The first-order valence-electron chi connectivity index (χ1n) is 7.68. The van der Waals surface area contributed by atoms with Crippen molar-refractivity contribution in [3.63, 3.8) is 0 Å². The smallest absolute Gasteiger partial charge is 0.261 e. The zero-order valence-corrected chi connectivity index (χ0v) is 14.7. The van der Waals surface area contributed by atoms with Gasteiger partial charge in [-0.3, -0.25) is 4.72 Å². The molecule has 0 fully saturated rings. The lowest BCUT2D eigenvalue weighted by Gasteiger charge is -2.11. The molecule has 0 aliphatic heterocycles. The highest BCUT2D eigenvalue weighted by atomic mass is 32.2. The van der Waals surface area contributed by atoms with Gasteiger partial charge in [0.2, 0.25) is 0 Å². The maximum Gasteiger partial charge on any atom is 0.261 e. The van der Waals surface area contributed by atoms with Crippen LogP contribution in [0.3, 0.4) is 0 Å². The molecule has 0 saturated heterocycles.